The van der Waals surface area contributed by atoms with Gasteiger partial charge in [-0.3, -0.25) is 4.98 Å². The van der Waals surface area contributed by atoms with E-state index in [0.29, 0.717) is 18.1 Å². The molecular formula is C24H25FN6O. The highest BCUT2D eigenvalue weighted by Gasteiger charge is 2.45. The van der Waals surface area contributed by atoms with E-state index in [1.807, 2.05) is 26.1 Å². The van der Waals surface area contributed by atoms with Gasteiger partial charge in [-0.1, -0.05) is 0 Å². The molecule has 3 N–H and O–H groups in total. The molecule has 2 aromatic heterocycles. The van der Waals surface area contributed by atoms with Crippen LogP contribution in [0.15, 0.2) is 30.5 Å². The van der Waals surface area contributed by atoms with Gasteiger partial charge < -0.3 is 20.7 Å². The summed E-state index contributed by atoms with van der Waals surface area (Å²) in [4.78, 5) is 16.2. The molecule has 0 spiro atoms. The maximum absolute atomic E-state index is 14.5. The van der Waals surface area contributed by atoms with E-state index in [1.54, 1.807) is 12.3 Å². The highest BCUT2D eigenvalue weighted by atomic mass is 19.1. The fourth-order valence-corrected chi connectivity index (χ4v) is 5.51. The molecular weight excluding hydrogens is 407 g/mol. The monoisotopic (exact) mass is 432 g/mol. The van der Waals surface area contributed by atoms with Crippen LogP contribution in [0.3, 0.4) is 0 Å². The predicted molar refractivity (Wildman–Crippen MR) is 121 cm³/mol. The number of piperidine rings is 1. The van der Waals surface area contributed by atoms with E-state index in [1.165, 1.54) is 6.07 Å². The zero-order valence-corrected chi connectivity index (χ0v) is 18.1. The molecule has 1 saturated carbocycles. The SMILES string of the molecule is CNc1cc(F)cc2c1Cc1nc(Oc3ccc(C)nc3)nc(N3CC4CC(N)C3C4)c1-2. The Morgan fingerprint density at radius 2 is 2.09 bits per heavy atom. The van der Waals surface area contributed by atoms with Crippen LogP contribution in [0.4, 0.5) is 15.9 Å². The van der Waals surface area contributed by atoms with Gasteiger partial charge in [0.05, 0.1) is 11.9 Å². The molecule has 1 aromatic carbocycles. The first-order chi connectivity index (χ1) is 15.5. The molecule has 1 aliphatic heterocycles. The van der Waals surface area contributed by atoms with E-state index in [9.17, 15) is 4.39 Å². The second-order valence-electron chi connectivity index (χ2n) is 9.02. The average molecular weight is 433 g/mol. The Kier molecular flexibility index (Phi) is 4.33. The van der Waals surface area contributed by atoms with Crippen LogP contribution in [-0.4, -0.2) is 40.6 Å². The summed E-state index contributed by atoms with van der Waals surface area (Å²) in [5.74, 6) is 1.66. The van der Waals surface area contributed by atoms with Crippen LogP contribution in [0.5, 0.6) is 11.8 Å². The van der Waals surface area contributed by atoms with Crippen LogP contribution < -0.4 is 20.7 Å². The van der Waals surface area contributed by atoms with Crippen molar-refractivity contribution in [2.45, 2.75) is 38.3 Å². The van der Waals surface area contributed by atoms with E-state index in [4.69, 9.17) is 20.4 Å². The molecule has 3 unspecified atom stereocenters. The lowest BCUT2D eigenvalue weighted by atomic mass is 10.0. The number of aryl methyl sites for hydroxylation is 1. The summed E-state index contributed by atoms with van der Waals surface area (Å²) in [6.45, 7) is 2.83. The van der Waals surface area contributed by atoms with Gasteiger partial charge in [0, 0.05) is 49.0 Å². The normalized spacial score (nSPS) is 22.8. The first-order valence-electron chi connectivity index (χ1n) is 11.0. The molecule has 3 atom stereocenters. The van der Waals surface area contributed by atoms with Crippen molar-refractivity contribution in [1.82, 2.24) is 15.0 Å². The summed E-state index contributed by atoms with van der Waals surface area (Å²) in [6.07, 6.45) is 4.37. The third-order valence-electron chi connectivity index (χ3n) is 6.94. The van der Waals surface area contributed by atoms with Crippen LogP contribution in [-0.2, 0) is 6.42 Å². The van der Waals surface area contributed by atoms with Crippen molar-refractivity contribution in [3.05, 3.63) is 53.2 Å². The summed E-state index contributed by atoms with van der Waals surface area (Å²) in [7, 11) is 1.81. The second-order valence-corrected chi connectivity index (χ2v) is 9.02. The van der Waals surface area contributed by atoms with Gasteiger partial charge in [-0.05, 0) is 61.1 Å². The van der Waals surface area contributed by atoms with E-state index < -0.39 is 0 Å². The number of pyridine rings is 1. The molecule has 164 valence electrons. The number of anilines is 2. The predicted octanol–water partition coefficient (Wildman–Crippen LogP) is 3.65. The molecule has 2 aliphatic carbocycles. The molecule has 1 saturated heterocycles. The number of aromatic nitrogens is 3. The van der Waals surface area contributed by atoms with E-state index in [0.717, 1.165) is 59.0 Å². The van der Waals surface area contributed by atoms with E-state index in [2.05, 4.69) is 15.2 Å². The number of nitrogens with zero attached hydrogens (tertiary/aromatic N) is 4. The van der Waals surface area contributed by atoms with E-state index in [-0.39, 0.29) is 23.9 Å². The molecule has 2 fully saturated rings. The van der Waals surface area contributed by atoms with Gasteiger partial charge in [-0.15, -0.1) is 0 Å². The standard InChI is InChI=1S/C24H25FN6O/c1-12-3-4-15(10-28-12)32-24-29-20-9-16-17(7-14(25)8-19(16)27-2)22(20)23(30-24)31-11-13-5-18(26)21(31)6-13/h3-4,7-8,10,13,18,21,27H,5-6,9,11,26H2,1-2H3. The number of benzene rings is 1. The number of rotatable bonds is 4. The second kappa shape index (κ2) is 7.13. The summed E-state index contributed by atoms with van der Waals surface area (Å²) in [5.41, 5.74) is 11.7. The molecule has 3 heterocycles. The number of ether oxygens (including phenoxy) is 1. The molecule has 7 nitrogen and oxygen atoms in total. The van der Waals surface area contributed by atoms with Gasteiger partial charge in [0.25, 0.3) is 0 Å². The summed E-state index contributed by atoms with van der Waals surface area (Å²) in [5, 5.41) is 3.12. The highest BCUT2D eigenvalue weighted by Crippen LogP contribution is 2.48. The zero-order chi connectivity index (χ0) is 22.0. The summed E-state index contributed by atoms with van der Waals surface area (Å²) >= 11 is 0. The maximum atomic E-state index is 14.5. The fourth-order valence-electron chi connectivity index (χ4n) is 5.51. The average Bonchev–Trinajstić information content (AvgIpc) is 3.46. The Labute approximate surface area is 185 Å². The zero-order valence-electron chi connectivity index (χ0n) is 18.1. The number of hydrogen-bond donors (Lipinski definition) is 2. The topological polar surface area (TPSA) is 89.2 Å². The summed E-state index contributed by atoms with van der Waals surface area (Å²) in [6, 6.07) is 7.49. The first-order valence-corrected chi connectivity index (χ1v) is 11.0. The Bertz CT molecular complexity index is 1210. The van der Waals surface area contributed by atoms with Gasteiger partial charge >= 0.3 is 6.01 Å². The third-order valence-corrected chi connectivity index (χ3v) is 6.94. The molecule has 3 aliphatic rings. The molecule has 0 radical (unpaired) electrons. The summed E-state index contributed by atoms with van der Waals surface area (Å²) < 4.78 is 20.5. The van der Waals surface area contributed by atoms with Crippen LogP contribution in [0.1, 0.15) is 29.8 Å². The first kappa shape index (κ1) is 19.4. The number of halogens is 1. The number of nitrogens with one attached hydrogen (secondary N) is 1. The van der Waals surface area contributed by atoms with Crippen molar-refractivity contribution >= 4 is 11.5 Å². The van der Waals surface area contributed by atoms with Gasteiger partial charge in [-0.25, -0.2) is 4.39 Å². The van der Waals surface area contributed by atoms with Crippen molar-refractivity contribution in [2.75, 3.05) is 23.8 Å². The van der Waals surface area contributed by atoms with Crippen molar-refractivity contribution in [3.8, 4) is 22.9 Å². The van der Waals surface area contributed by atoms with Crippen molar-refractivity contribution in [3.63, 3.8) is 0 Å². The Hall–Kier alpha value is -3.26. The van der Waals surface area contributed by atoms with Gasteiger partial charge in [-0.2, -0.15) is 9.97 Å². The molecule has 8 heteroatoms. The lowest BCUT2D eigenvalue weighted by molar-refractivity contribution is 0.434. The molecule has 0 amide bonds. The van der Waals surface area contributed by atoms with Crippen LogP contribution in [0.25, 0.3) is 11.1 Å². The number of hydrogen-bond acceptors (Lipinski definition) is 7. The lowest BCUT2D eigenvalue weighted by Gasteiger charge is -2.33. The third kappa shape index (κ3) is 3.01. The number of fused-ring (bicyclic) bond motifs is 5. The molecule has 2 bridgehead atoms. The Balaban J connectivity index is 1.49. The van der Waals surface area contributed by atoms with Crippen LogP contribution in [0.2, 0.25) is 0 Å². The quantitative estimate of drug-likeness (QED) is 0.509. The van der Waals surface area contributed by atoms with Crippen molar-refractivity contribution in [1.29, 1.82) is 0 Å². The minimum Gasteiger partial charge on any atom is -0.423 e. The molecule has 32 heavy (non-hydrogen) atoms. The Morgan fingerprint density at radius 1 is 1.22 bits per heavy atom. The van der Waals surface area contributed by atoms with Crippen molar-refractivity contribution < 1.29 is 9.13 Å². The Morgan fingerprint density at radius 3 is 2.81 bits per heavy atom. The number of nitrogens with two attached hydrogens (primary N) is 1. The highest BCUT2D eigenvalue weighted by molar-refractivity contribution is 5.88. The van der Waals surface area contributed by atoms with Crippen LogP contribution in [0, 0.1) is 18.7 Å². The van der Waals surface area contributed by atoms with E-state index >= 15 is 0 Å². The van der Waals surface area contributed by atoms with Crippen LogP contribution >= 0.6 is 0 Å². The fraction of sp³-hybridized carbons (Fsp3) is 0.375. The van der Waals surface area contributed by atoms with Gasteiger partial charge in [0.2, 0.25) is 0 Å². The minimum absolute atomic E-state index is 0.117. The smallest absolute Gasteiger partial charge is 0.324 e. The molecule has 6 rings (SSSR count). The lowest BCUT2D eigenvalue weighted by Crippen LogP contribution is -2.46. The van der Waals surface area contributed by atoms with Gasteiger partial charge in [0.15, 0.2) is 0 Å². The molecule has 3 aromatic rings. The van der Waals surface area contributed by atoms with Crippen molar-refractivity contribution in [2.24, 2.45) is 11.7 Å². The maximum Gasteiger partial charge on any atom is 0.324 e. The van der Waals surface area contributed by atoms with Gasteiger partial charge in [0.1, 0.15) is 17.4 Å². The largest absolute Gasteiger partial charge is 0.423 e. The minimum atomic E-state index is -0.280.